The summed E-state index contributed by atoms with van der Waals surface area (Å²) in [6, 6.07) is 28.3. The van der Waals surface area contributed by atoms with Gasteiger partial charge in [-0.2, -0.15) is 0 Å². The molecule has 1 amide bonds. The first-order valence-corrected chi connectivity index (χ1v) is 13.2. The van der Waals surface area contributed by atoms with Crippen LogP contribution in [0.5, 0.6) is 0 Å². The number of rotatable bonds is 8. The molecule has 0 atom stereocenters. The molecule has 0 bridgehead atoms. The number of aromatic nitrogens is 2. The van der Waals surface area contributed by atoms with Crippen molar-refractivity contribution in [2.75, 3.05) is 17.2 Å². The molecular weight excluding hydrogens is 500 g/mol. The van der Waals surface area contributed by atoms with Gasteiger partial charge in [0.05, 0.1) is 12.2 Å². The number of fused-ring (bicyclic) bond motifs is 1. The van der Waals surface area contributed by atoms with Gasteiger partial charge in [-0.15, -0.1) is 10.2 Å². The summed E-state index contributed by atoms with van der Waals surface area (Å²) in [5.74, 6) is 0.101. The minimum Gasteiger partial charge on any atom is -0.462 e. The highest BCUT2D eigenvalue weighted by atomic mass is 16.5. The van der Waals surface area contributed by atoms with Crippen molar-refractivity contribution in [3.8, 4) is 11.3 Å². The first-order valence-electron chi connectivity index (χ1n) is 13.2. The van der Waals surface area contributed by atoms with Gasteiger partial charge in [0, 0.05) is 33.3 Å². The van der Waals surface area contributed by atoms with Gasteiger partial charge in [0.15, 0.2) is 5.82 Å². The zero-order chi connectivity index (χ0) is 28.1. The number of benzene rings is 4. The number of ether oxygens (including phenoxy) is 1. The molecule has 0 fully saturated rings. The molecule has 2 N–H and O–H groups in total. The molecule has 0 unspecified atom stereocenters. The van der Waals surface area contributed by atoms with Crippen LogP contribution < -0.4 is 10.6 Å². The van der Waals surface area contributed by atoms with E-state index in [2.05, 4.69) is 20.8 Å². The minimum atomic E-state index is -0.335. The molecule has 1 heterocycles. The maximum atomic E-state index is 12.8. The smallest absolute Gasteiger partial charge is 0.338 e. The summed E-state index contributed by atoms with van der Waals surface area (Å²) in [5, 5.41) is 17.1. The Morgan fingerprint density at radius 2 is 1.50 bits per heavy atom. The zero-order valence-corrected chi connectivity index (χ0v) is 22.7. The maximum absolute atomic E-state index is 12.8. The number of carbonyl (C=O) groups is 2. The molecule has 0 spiro atoms. The quantitative estimate of drug-likeness (QED) is 0.202. The van der Waals surface area contributed by atoms with E-state index in [1.807, 2.05) is 87.5 Å². The standard InChI is InChI=1S/C33H30N4O3/c1-4-19-40-33(39)25-13-11-23(12-14-25)30-27-7-5-6-8-28(27)31(37-36-30)34-26-17-15-24(16-18-26)32(38)35-29-20-21(2)9-10-22(29)3/h5-18,20H,4,19H2,1-3H3,(H,34,37)(H,35,38). The molecule has 40 heavy (non-hydrogen) atoms. The summed E-state index contributed by atoms with van der Waals surface area (Å²) >= 11 is 0. The van der Waals surface area contributed by atoms with E-state index in [1.54, 1.807) is 24.3 Å². The fraction of sp³-hybridized carbons (Fsp3) is 0.152. The number of amides is 1. The van der Waals surface area contributed by atoms with Crippen molar-refractivity contribution in [3.05, 3.63) is 113 Å². The lowest BCUT2D eigenvalue weighted by molar-refractivity contribution is 0.0505. The van der Waals surface area contributed by atoms with E-state index in [0.717, 1.165) is 45.3 Å². The highest BCUT2D eigenvalue weighted by Gasteiger charge is 2.14. The van der Waals surface area contributed by atoms with Gasteiger partial charge in [-0.25, -0.2) is 4.79 Å². The summed E-state index contributed by atoms with van der Waals surface area (Å²) in [5.41, 5.74) is 6.30. The molecule has 7 nitrogen and oxygen atoms in total. The lowest BCUT2D eigenvalue weighted by Crippen LogP contribution is -2.12. The second-order valence-corrected chi connectivity index (χ2v) is 9.63. The molecule has 0 aliphatic heterocycles. The lowest BCUT2D eigenvalue weighted by atomic mass is 10.0. The molecule has 5 aromatic rings. The lowest BCUT2D eigenvalue weighted by Gasteiger charge is -2.12. The molecule has 200 valence electrons. The molecular formula is C33H30N4O3. The molecule has 0 aliphatic carbocycles. The van der Waals surface area contributed by atoms with Crippen LogP contribution in [0.2, 0.25) is 0 Å². The summed E-state index contributed by atoms with van der Waals surface area (Å²) in [6.07, 6.45) is 0.777. The predicted octanol–water partition coefficient (Wildman–Crippen LogP) is 7.48. The highest BCUT2D eigenvalue weighted by molar-refractivity contribution is 6.05. The third kappa shape index (κ3) is 5.83. The molecule has 1 aromatic heterocycles. The minimum absolute atomic E-state index is 0.167. The van der Waals surface area contributed by atoms with E-state index in [4.69, 9.17) is 4.74 Å². The number of hydrogen-bond acceptors (Lipinski definition) is 6. The average molecular weight is 531 g/mol. The zero-order valence-electron chi connectivity index (χ0n) is 22.7. The van der Waals surface area contributed by atoms with Crippen LogP contribution >= 0.6 is 0 Å². The van der Waals surface area contributed by atoms with Crippen LogP contribution in [0.4, 0.5) is 17.2 Å². The van der Waals surface area contributed by atoms with Crippen LogP contribution in [-0.4, -0.2) is 28.7 Å². The van der Waals surface area contributed by atoms with Crippen LogP contribution in [-0.2, 0) is 4.74 Å². The SMILES string of the molecule is CCCOC(=O)c1ccc(-c2nnc(Nc3ccc(C(=O)Nc4cc(C)ccc4C)cc3)c3ccccc23)cc1. The molecule has 5 rings (SSSR count). The van der Waals surface area contributed by atoms with Crippen molar-refractivity contribution in [1.29, 1.82) is 0 Å². The van der Waals surface area contributed by atoms with E-state index in [1.165, 1.54) is 0 Å². The number of hydrogen-bond donors (Lipinski definition) is 2. The van der Waals surface area contributed by atoms with Gasteiger partial charge in [-0.3, -0.25) is 4.79 Å². The topological polar surface area (TPSA) is 93.2 Å². The monoisotopic (exact) mass is 530 g/mol. The van der Waals surface area contributed by atoms with Crippen molar-refractivity contribution in [2.24, 2.45) is 0 Å². The van der Waals surface area contributed by atoms with E-state index < -0.39 is 0 Å². The van der Waals surface area contributed by atoms with Crippen molar-refractivity contribution in [2.45, 2.75) is 27.2 Å². The fourth-order valence-electron chi connectivity index (χ4n) is 4.36. The van der Waals surface area contributed by atoms with Gasteiger partial charge in [0.2, 0.25) is 0 Å². The number of nitrogens with zero attached hydrogens (tertiary/aromatic N) is 2. The Kier molecular flexibility index (Phi) is 7.82. The fourth-order valence-corrected chi connectivity index (χ4v) is 4.36. The number of anilines is 3. The summed E-state index contributed by atoms with van der Waals surface area (Å²) in [4.78, 5) is 25.0. The number of carbonyl (C=O) groups excluding carboxylic acids is 2. The summed E-state index contributed by atoms with van der Waals surface area (Å²) in [7, 11) is 0. The Morgan fingerprint density at radius 1 is 0.800 bits per heavy atom. The second-order valence-electron chi connectivity index (χ2n) is 9.63. The Bertz CT molecular complexity index is 1680. The van der Waals surface area contributed by atoms with Gasteiger partial charge in [-0.1, -0.05) is 55.5 Å². The third-order valence-corrected chi connectivity index (χ3v) is 6.57. The van der Waals surface area contributed by atoms with Gasteiger partial charge in [0.1, 0.15) is 5.69 Å². The molecule has 0 radical (unpaired) electrons. The van der Waals surface area contributed by atoms with E-state index in [9.17, 15) is 9.59 Å². The van der Waals surface area contributed by atoms with Crippen LogP contribution in [0.1, 0.15) is 45.2 Å². The molecule has 7 heteroatoms. The summed E-state index contributed by atoms with van der Waals surface area (Å²) in [6.45, 7) is 6.32. The number of nitrogens with one attached hydrogen (secondary N) is 2. The Balaban J connectivity index is 1.35. The normalized spacial score (nSPS) is 10.8. The molecule has 0 aliphatic rings. The molecule has 4 aromatic carbocycles. The van der Waals surface area contributed by atoms with Crippen LogP contribution in [0.15, 0.2) is 91.0 Å². The average Bonchev–Trinajstić information content (AvgIpc) is 2.98. The Hall–Kier alpha value is -5.04. The van der Waals surface area contributed by atoms with Crippen LogP contribution in [0.3, 0.4) is 0 Å². The Morgan fingerprint density at radius 3 is 2.23 bits per heavy atom. The number of aryl methyl sites for hydroxylation is 2. The van der Waals surface area contributed by atoms with E-state index >= 15 is 0 Å². The van der Waals surface area contributed by atoms with Crippen LogP contribution in [0.25, 0.3) is 22.0 Å². The van der Waals surface area contributed by atoms with Crippen molar-refractivity contribution < 1.29 is 14.3 Å². The highest BCUT2D eigenvalue weighted by Crippen LogP contribution is 2.31. The molecule has 0 saturated heterocycles. The second kappa shape index (κ2) is 11.8. The predicted molar refractivity (Wildman–Crippen MR) is 159 cm³/mol. The largest absolute Gasteiger partial charge is 0.462 e. The van der Waals surface area contributed by atoms with Crippen LogP contribution in [0, 0.1) is 13.8 Å². The first-order chi connectivity index (χ1) is 19.4. The van der Waals surface area contributed by atoms with Gasteiger partial charge in [-0.05, 0) is 73.9 Å². The van der Waals surface area contributed by atoms with Crippen molar-refractivity contribution in [3.63, 3.8) is 0 Å². The van der Waals surface area contributed by atoms with Gasteiger partial charge >= 0.3 is 5.97 Å². The van der Waals surface area contributed by atoms with E-state index in [-0.39, 0.29) is 11.9 Å². The van der Waals surface area contributed by atoms with Crippen molar-refractivity contribution >= 4 is 39.8 Å². The summed E-state index contributed by atoms with van der Waals surface area (Å²) < 4.78 is 5.22. The van der Waals surface area contributed by atoms with Crippen molar-refractivity contribution in [1.82, 2.24) is 10.2 Å². The van der Waals surface area contributed by atoms with E-state index in [0.29, 0.717) is 29.2 Å². The molecule has 0 saturated carbocycles. The Labute approximate surface area is 233 Å². The van der Waals surface area contributed by atoms with Gasteiger partial charge in [0.25, 0.3) is 5.91 Å². The number of esters is 1. The first kappa shape index (κ1) is 26.6. The maximum Gasteiger partial charge on any atom is 0.338 e. The third-order valence-electron chi connectivity index (χ3n) is 6.57. The van der Waals surface area contributed by atoms with Gasteiger partial charge < -0.3 is 15.4 Å².